The highest BCUT2D eigenvalue weighted by molar-refractivity contribution is 5.97. The SMILES string of the molecule is CCN(C)C(=O)c1ccc(-c2ccc(C(=O)CCc3ccc(F)nc3F)cc2)cc1F. The molecule has 160 valence electrons. The van der Waals surface area contributed by atoms with Crippen molar-refractivity contribution in [1.82, 2.24) is 9.88 Å². The lowest BCUT2D eigenvalue weighted by atomic mass is 9.99. The summed E-state index contributed by atoms with van der Waals surface area (Å²) in [6, 6.07) is 13.3. The van der Waals surface area contributed by atoms with E-state index < -0.39 is 17.7 Å². The Morgan fingerprint density at radius 1 is 0.935 bits per heavy atom. The van der Waals surface area contributed by atoms with Crippen molar-refractivity contribution in [2.75, 3.05) is 13.6 Å². The lowest BCUT2D eigenvalue weighted by Gasteiger charge is -2.15. The van der Waals surface area contributed by atoms with Crippen molar-refractivity contribution in [2.45, 2.75) is 19.8 Å². The zero-order chi connectivity index (χ0) is 22.5. The fourth-order valence-electron chi connectivity index (χ4n) is 3.09. The van der Waals surface area contributed by atoms with Crippen molar-refractivity contribution >= 4 is 11.7 Å². The number of amides is 1. The Labute approximate surface area is 178 Å². The molecule has 3 rings (SSSR count). The Bertz CT molecular complexity index is 1110. The van der Waals surface area contributed by atoms with Crippen LogP contribution in [0.15, 0.2) is 54.6 Å². The number of halogens is 3. The first-order valence-corrected chi connectivity index (χ1v) is 9.79. The predicted octanol–water partition coefficient (Wildman–Crippen LogP) is 5.07. The van der Waals surface area contributed by atoms with Gasteiger partial charge in [0.15, 0.2) is 5.78 Å². The number of aromatic nitrogens is 1. The molecule has 0 saturated carbocycles. The highest BCUT2D eigenvalue weighted by Gasteiger charge is 2.16. The zero-order valence-electron chi connectivity index (χ0n) is 17.2. The molecule has 3 aromatic rings. The molecule has 2 aromatic carbocycles. The number of hydrogen-bond donors (Lipinski definition) is 0. The molecule has 0 aliphatic carbocycles. The van der Waals surface area contributed by atoms with Crippen LogP contribution < -0.4 is 0 Å². The number of ketones is 1. The Morgan fingerprint density at radius 2 is 1.61 bits per heavy atom. The molecule has 1 amide bonds. The van der Waals surface area contributed by atoms with Crippen molar-refractivity contribution in [3.05, 3.63) is 89.0 Å². The van der Waals surface area contributed by atoms with Crippen molar-refractivity contribution in [1.29, 1.82) is 0 Å². The molecule has 1 heterocycles. The number of hydrogen-bond acceptors (Lipinski definition) is 3. The van der Waals surface area contributed by atoms with Gasteiger partial charge in [-0.05, 0) is 48.7 Å². The first-order valence-electron chi connectivity index (χ1n) is 9.79. The van der Waals surface area contributed by atoms with Gasteiger partial charge in [0.1, 0.15) is 5.82 Å². The summed E-state index contributed by atoms with van der Waals surface area (Å²) < 4.78 is 40.9. The fraction of sp³-hybridized carbons (Fsp3) is 0.208. The molecule has 0 fully saturated rings. The van der Waals surface area contributed by atoms with Crippen molar-refractivity contribution in [2.24, 2.45) is 0 Å². The Morgan fingerprint density at radius 3 is 2.23 bits per heavy atom. The van der Waals surface area contributed by atoms with Gasteiger partial charge >= 0.3 is 0 Å². The smallest absolute Gasteiger partial charge is 0.256 e. The summed E-state index contributed by atoms with van der Waals surface area (Å²) in [6.45, 7) is 2.28. The maximum Gasteiger partial charge on any atom is 0.256 e. The number of rotatable bonds is 7. The number of aryl methyl sites for hydroxylation is 1. The minimum atomic E-state index is -0.919. The molecule has 7 heteroatoms. The number of pyridine rings is 1. The molecule has 0 aliphatic rings. The van der Waals surface area contributed by atoms with Gasteiger partial charge in [0.25, 0.3) is 5.91 Å². The van der Waals surface area contributed by atoms with Crippen molar-refractivity contribution in [3.8, 4) is 11.1 Å². The van der Waals surface area contributed by atoms with Gasteiger partial charge < -0.3 is 4.90 Å². The second kappa shape index (κ2) is 9.55. The highest BCUT2D eigenvalue weighted by Crippen LogP contribution is 2.24. The summed E-state index contributed by atoms with van der Waals surface area (Å²) in [5.41, 5.74) is 1.86. The van der Waals surface area contributed by atoms with Gasteiger partial charge in [-0.1, -0.05) is 30.3 Å². The van der Waals surface area contributed by atoms with Gasteiger partial charge in [-0.3, -0.25) is 9.59 Å². The molecule has 1 aromatic heterocycles. The lowest BCUT2D eigenvalue weighted by Crippen LogP contribution is -2.27. The Hall–Kier alpha value is -3.48. The average molecular weight is 426 g/mol. The first-order chi connectivity index (χ1) is 14.8. The van der Waals surface area contributed by atoms with E-state index in [1.54, 1.807) is 44.3 Å². The summed E-state index contributed by atoms with van der Waals surface area (Å²) in [6.07, 6.45) is 0.145. The number of carbonyl (C=O) groups is 2. The van der Waals surface area contributed by atoms with E-state index in [0.717, 1.165) is 6.07 Å². The minimum Gasteiger partial charge on any atom is -0.342 e. The standard InChI is InChI=1S/C24H21F3N2O2/c1-3-29(2)24(31)19-11-8-18(14-20(19)25)15-4-6-16(7-5-15)21(30)12-9-17-10-13-22(26)28-23(17)27/h4-8,10-11,13-14H,3,9,12H2,1-2H3. The van der Waals surface area contributed by atoms with Crippen LogP contribution in [0.25, 0.3) is 11.1 Å². The summed E-state index contributed by atoms with van der Waals surface area (Å²) in [4.78, 5) is 29.1. The Kier molecular flexibility index (Phi) is 6.84. The molecule has 0 N–H and O–H groups in total. The van der Waals surface area contributed by atoms with E-state index in [-0.39, 0.29) is 35.7 Å². The van der Waals surface area contributed by atoms with Crippen LogP contribution in [-0.4, -0.2) is 35.2 Å². The van der Waals surface area contributed by atoms with E-state index in [2.05, 4.69) is 4.98 Å². The minimum absolute atomic E-state index is 0.00223. The van der Waals surface area contributed by atoms with Crippen LogP contribution in [0, 0.1) is 17.7 Å². The van der Waals surface area contributed by atoms with Crippen molar-refractivity contribution < 1.29 is 22.8 Å². The topological polar surface area (TPSA) is 50.3 Å². The summed E-state index contributed by atoms with van der Waals surface area (Å²) >= 11 is 0. The van der Waals surface area contributed by atoms with E-state index in [1.807, 2.05) is 0 Å². The lowest BCUT2D eigenvalue weighted by molar-refractivity contribution is 0.0797. The molecule has 0 aliphatic heterocycles. The molecule has 0 bridgehead atoms. The third-order valence-electron chi connectivity index (χ3n) is 5.07. The van der Waals surface area contributed by atoms with Crippen LogP contribution >= 0.6 is 0 Å². The van der Waals surface area contributed by atoms with E-state index >= 15 is 0 Å². The third-order valence-corrected chi connectivity index (χ3v) is 5.07. The normalized spacial score (nSPS) is 10.7. The number of carbonyl (C=O) groups excluding carboxylic acids is 2. The van der Waals surface area contributed by atoms with Crippen LogP contribution in [0.1, 0.15) is 39.6 Å². The number of benzene rings is 2. The van der Waals surface area contributed by atoms with Crippen LogP contribution in [-0.2, 0) is 6.42 Å². The molecule has 4 nitrogen and oxygen atoms in total. The first kappa shape index (κ1) is 22.2. The van der Waals surface area contributed by atoms with Gasteiger partial charge in [0, 0.05) is 31.1 Å². The van der Waals surface area contributed by atoms with E-state index in [9.17, 15) is 22.8 Å². The Balaban J connectivity index is 1.70. The molecule has 31 heavy (non-hydrogen) atoms. The fourth-order valence-corrected chi connectivity index (χ4v) is 3.09. The molecule has 0 radical (unpaired) electrons. The predicted molar refractivity (Wildman–Crippen MR) is 111 cm³/mol. The average Bonchev–Trinajstić information content (AvgIpc) is 2.77. The maximum atomic E-state index is 14.4. The maximum absolute atomic E-state index is 14.4. The van der Waals surface area contributed by atoms with Gasteiger partial charge in [0.2, 0.25) is 11.9 Å². The number of nitrogens with zero attached hydrogens (tertiary/aromatic N) is 2. The van der Waals surface area contributed by atoms with Gasteiger partial charge in [0.05, 0.1) is 5.56 Å². The summed E-state index contributed by atoms with van der Waals surface area (Å²) in [7, 11) is 1.60. The highest BCUT2D eigenvalue weighted by atomic mass is 19.1. The summed E-state index contributed by atoms with van der Waals surface area (Å²) in [5, 5.41) is 0. The second-order valence-electron chi connectivity index (χ2n) is 7.10. The molecule has 0 atom stereocenters. The van der Waals surface area contributed by atoms with E-state index in [4.69, 9.17) is 0 Å². The van der Waals surface area contributed by atoms with Gasteiger partial charge in [-0.25, -0.2) is 4.39 Å². The van der Waals surface area contributed by atoms with Crippen LogP contribution in [0.3, 0.4) is 0 Å². The number of Topliss-reactive ketones (excluding diaryl/α,β-unsaturated/α-hetero) is 1. The zero-order valence-corrected chi connectivity index (χ0v) is 17.2. The molecular formula is C24H21F3N2O2. The largest absolute Gasteiger partial charge is 0.342 e. The van der Waals surface area contributed by atoms with Crippen LogP contribution in [0.2, 0.25) is 0 Å². The molecular weight excluding hydrogens is 405 g/mol. The molecule has 0 spiro atoms. The van der Waals surface area contributed by atoms with Crippen molar-refractivity contribution in [3.63, 3.8) is 0 Å². The molecule has 0 saturated heterocycles. The van der Waals surface area contributed by atoms with Crippen LogP contribution in [0.4, 0.5) is 13.2 Å². The van der Waals surface area contributed by atoms with Crippen LogP contribution in [0.5, 0.6) is 0 Å². The van der Waals surface area contributed by atoms with Gasteiger partial charge in [-0.15, -0.1) is 0 Å². The summed E-state index contributed by atoms with van der Waals surface area (Å²) in [5.74, 6) is -3.03. The monoisotopic (exact) mass is 426 g/mol. The molecule has 0 unspecified atom stereocenters. The van der Waals surface area contributed by atoms with Gasteiger partial charge in [-0.2, -0.15) is 13.8 Å². The van der Waals surface area contributed by atoms with E-state index in [1.165, 1.54) is 23.1 Å². The van der Waals surface area contributed by atoms with E-state index in [0.29, 0.717) is 23.2 Å². The second-order valence-corrected chi connectivity index (χ2v) is 7.10. The third kappa shape index (κ3) is 5.17. The quantitative estimate of drug-likeness (QED) is 0.391.